The van der Waals surface area contributed by atoms with E-state index >= 15 is 0 Å². The molecule has 0 aliphatic carbocycles. The molecule has 144 valence electrons. The molecule has 0 fully saturated rings. The predicted molar refractivity (Wildman–Crippen MR) is 108 cm³/mol. The predicted octanol–water partition coefficient (Wildman–Crippen LogP) is 2.40. The van der Waals surface area contributed by atoms with E-state index in [1.807, 2.05) is 70.0 Å². The van der Waals surface area contributed by atoms with Gasteiger partial charge in [0, 0.05) is 25.5 Å². The normalized spacial score (nSPS) is 11.9. The summed E-state index contributed by atoms with van der Waals surface area (Å²) in [6.07, 6.45) is 5.29. The number of aromatic nitrogens is 4. The zero-order valence-corrected chi connectivity index (χ0v) is 16.1. The van der Waals surface area contributed by atoms with E-state index in [1.165, 1.54) is 0 Å². The summed E-state index contributed by atoms with van der Waals surface area (Å²) in [5, 5.41) is 4.21. The van der Waals surface area contributed by atoms with Crippen LogP contribution in [0, 0.1) is 0 Å². The highest BCUT2D eigenvalue weighted by molar-refractivity contribution is 7.89. The lowest BCUT2D eigenvalue weighted by Gasteiger charge is -2.12. The minimum Gasteiger partial charge on any atom is -0.330 e. The van der Waals surface area contributed by atoms with Crippen LogP contribution in [-0.4, -0.2) is 33.5 Å². The van der Waals surface area contributed by atoms with Crippen LogP contribution in [0.5, 0.6) is 0 Å². The molecule has 0 unspecified atom stereocenters. The molecule has 4 rings (SSSR count). The fourth-order valence-corrected chi connectivity index (χ4v) is 4.08. The summed E-state index contributed by atoms with van der Waals surface area (Å²) >= 11 is 0. The minimum atomic E-state index is -3.42. The van der Waals surface area contributed by atoms with Crippen molar-refractivity contribution in [1.29, 1.82) is 0 Å². The molecule has 1 N–H and O–H groups in total. The van der Waals surface area contributed by atoms with Gasteiger partial charge in [0.05, 0.1) is 29.7 Å². The first-order valence-electron chi connectivity index (χ1n) is 9.02. The number of imidazole rings is 1. The van der Waals surface area contributed by atoms with Crippen LogP contribution in [0.3, 0.4) is 0 Å². The average molecular weight is 395 g/mol. The SMILES string of the molecule is O=S(=O)(CCn1cnc2ccccc21)NCc1ccccc1Cn1cccn1. The van der Waals surface area contributed by atoms with E-state index in [4.69, 9.17) is 0 Å². The third kappa shape index (κ3) is 4.29. The lowest BCUT2D eigenvalue weighted by atomic mass is 10.1. The number of nitrogens with zero attached hydrogens (tertiary/aromatic N) is 4. The monoisotopic (exact) mass is 395 g/mol. The number of rotatable bonds is 8. The first kappa shape index (κ1) is 18.4. The van der Waals surface area contributed by atoms with Gasteiger partial charge in [-0.05, 0) is 29.3 Å². The summed E-state index contributed by atoms with van der Waals surface area (Å²) in [5.41, 5.74) is 3.77. The topological polar surface area (TPSA) is 81.8 Å². The lowest BCUT2D eigenvalue weighted by Crippen LogP contribution is -2.28. The molecule has 8 heteroatoms. The van der Waals surface area contributed by atoms with Gasteiger partial charge in [-0.2, -0.15) is 5.10 Å². The van der Waals surface area contributed by atoms with Gasteiger partial charge in [0.2, 0.25) is 10.0 Å². The third-order valence-corrected chi connectivity index (χ3v) is 5.92. The fraction of sp³-hybridized carbons (Fsp3) is 0.200. The smallest absolute Gasteiger partial charge is 0.213 e. The molecular formula is C20H21N5O2S. The molecule has 0 spiro atoms. The Bertz CT molecular complexity index is 1170. The number of hydrogen-bond acceptors (Lipinski definition) is 4. The number of sulfonamides is 1. The standard InChI is InChI=1S/C20H21N5O2S/c26-28(27,13-12-24-16-21-19-8-3-4-9-20(19)24)23-14-17-6-1-2-7-18(17)15-25-11-5-10-22-25/h1-11,16,23H,12-15H2. The van der Waals surface area contributed by atoms with Crippen LogP contribution >= 0.6 is 0 Å². The summed E-state index contributed by atoms with van der Waals surface area (Å²) in [5.74, 6) is -0.00528. The molecule has 0 amide bonds. The van der Waals surface area contributed by atoms with E-state index in [-0.39, 0.29) is 12.3 Å². The number of benzene rings is 2. The Kier molecular flexibility index (Phi) is 5.23. The van der Waals surface area contributed by atoms with Gasteiger partial charge in [-0.1, -0.05) is 36.4 Å². The van der Waals surface area contributed by atoms with Crippen molar-refractivity contribution < 1.29 is 8.42 Å². The Hall–Kier alpha value is -2.97. The van der Waals surface area contributed by atoms with Crippen LogP contribution in [0.15, 0.2) is 73.3 Å². The highest BCUT2D eigenvalue weighted by Crippen LogP contribution is 2.13. The molecule has 4 aromatic rings. The van der Waals surface area contributed by atoms with Crippen LogP contribution in [0.25, 0.3) is 11.0 Å². The maximum Gasteiger partial charge on any atom is 0.213 e. The van der Waals surface area contributed by atoms with Crippen molar-refractivity contribution in [3.63, 3.8) is 0 Å². The first-order chi connectivity index (χ1) is 13.6. The molecule has 2 aromatic heterocycles. The summed E-state index contributed by atoms with van der Waals surface area (Å²) < 4.78 is 31.4. The Morgan fingerprint density at radius 2 is 1.75 bits per heavy atom. The first-order valence-corrected chi connectivity index (χ1v) is 10.7. The van der Waals surface area contributed by atoms with Gasteiger partial charge in [0.15, 0.2) is 0 Å². The molecule has 2 aromatic carbocycles. The van der Waals surface area contributed by atoms with Gasteiger partial charge in [-0.3, -0.25) is 4.68 Å². The van der Waals surface area contributed by atoms with E-state index in [0.29, 0.717) is 13.1 Å². The molecule has 28 heavy (non-hydrogen) atoms. The molecule has 0 radical (unpaired) electrons. The van der Waals surface area contributed by atoms with Crippen molar-refractivity contribution in [2.45, 2.75) is 19.6 Å². The van der Waals surface area contributed by atoms with E-state index in [0.717, 1.165) is 22.2 Å². The Morgan fingerprint density at radius 1 is 0.964 bits per heavy atom. The van der Waals surface area contributed by atoms with Gasteiger partial charge in [0.25, 0.3) is 0 Å². The van der Waals surface area contributed by atoms with Crippen molar-refractivity contribution >= 4 is 21.1 Å². The molecule has 0 aliphatic rings. The second kappa shape index (κ2) is 7.95. The maximum absolute atomic E-state index is 12.5. The Labute approximate surface area is 163 Å². The zero-order chi connectivity index (χ0) is 19.4. The summed E-state index contributed by atoms with van der Waals surface area (Å²) in [6.45, 7) is 1.21. The highest BCUT2D eigenvalue weighted by atomic mass is 32.2. The second-order valence-electron chi connectivity index (χ2n) is 6.54. The molecule has 0 aliphatic heterocycles. The van der Waals surface area contributed by atoms with Crippen molar-refractivity contribution in [1.82, 2.24) is 24.1 Å². The summed E-state index contributed by atoms with van der Waals surface area (Å²) in [4.78, 5) is 4.30. The number of hydrogen-bond donors (Lipinski definition) is 1. The van der Waals surface area contributed by atoms with Gasteiger partial charge in [-0.25, -0.2) is 18.1 Å². The van der Waals surface area contributed by atoms with Gasteiger partial charge >= 0.3 is 0 Å². The van der Waals surface area contributed by atoms with Gasteiger partial charge < -0.3 is 4.57 Å². The lowest BCUT2D eigenvalue weighted by molar-refractivity contribution is 0.574. The fourth-order valence-electron chi connectivity index (χ4n) is 3.12. The van der Waals surface area contributed by atoms with E-state index in [1.54, 1.807) is 12.5 Å². The van der Waals surface area contributed by atoms with Crippen LogP contribution in [-0.2, 0) is 29.7 Å². The number of para-hydroxylation sites is 2. The van der Waals surface area contributed by atoms with Gasteiger partial charge in [-0.15, -0.1) is 0 Å². The minimum absolute atomic E-state index is 0.00528. The molecule has 0 saturated carbocycles. The molecule has 0 bridgehead atoms. The second-order valence-corrected chi connectivity index (χ2v) is 8.47. The zero-order valence-electron chi connectivity index (χ0n) is 15.3. The van der Waals surface area contributed by atoms with Crippen molar-refractivity contribution in [2.24, 2.45) is 0 Å². The van der Waals surface area contributed by atoms with E-state index in [9.17, 15) is 8.42 Å². The average Bonchev–Trinajstić information content (AvgIpc) is 3.36. The third-order valence-electron chi connectivity index (χ3n) is 4.62. The Morgan fingerprint density at radius 3 is 2.57 bits per heavy atom. The van der Waals surface area contributed by atoms with Crippen molar-refractivity contribution in [2.75, 3.05) is 5.75 Å². The quantitative estimate of drug-likeness (QED) is 0.497. The molecule has 0 atom stereocenters. The summed E-state index contributed by atoms with van der Waals surface area (Å²) in [6, 6.07) is 17.3. The molecule has 0 saturated heterocycles. The van der Waals surface area contributed by atoms with E-state index in [2.05, 4.69) is 14.8 Å². The Balaban J connectivity index is 1.40. The molecular weight excluding hydrogens is 374 g/mol. The van der Waals surface area contributed by atoms with Crippen molar-refractivity contribution in [3.8, 4) is 0 Å². The van der Waals surface area contributed by atoms with Crippen LogP contribution in [0.2, 0.25) is 0 Å². The number of fused-ring (bicyclic) bond motifs is 1. The number of aryl methyl sites for hydroxylation is 1. The maximum atomic E-state index is 12.5. The molecule has 2 heterocycles. The largest absolute Gasteiger partial charge is 0.330 e. The number of nitrogens with one attached hydrogen (secondary N) is 1. The van der Waals surface area contributed by atoms with Crippen LogP contribution < -0.4 is 4.72 Å². The van der Waals surface area contributed by atoms with E-state index < -0.39 is 10.0 Å². The van der Waals surface area contributed by atoms with Crippen LogP contribution in [0.1, 0.15) is 11.1 Å². The van der Waals surface area contributed by atoms with Crippen LogP contribution in [0.4, 0.5) is 0 Å². The highest BCUT2D eigenvalue weighted by Gasteiger charge is 2.13. The van der Waals surface area contributed by atoms with Gasteiger partial charge in [0.1, 0.15) is 0 Å². The summed E-state index contributed by atoms with van der Waals surface area (Å²) in [7, 11) is -3.42. The van der Waals surface area contributed by atoms with Crippen molar-refractivity contribution in [3.05, 3.63) is 84.4 Å². The molecule has 7 nitrogen and oxygen atoms in total.